The van der Waals surface area contributed by atoms with Crippen LogP contribution in [0.1, 0.15) is 146 Å². The highest BCUT2D eigenvalue weighted by Gasteiger charge is 2.39. The number of aromatic nitrogens is 6. The number of benzene rings is 3. The number of nitrogen functional groups attached to an aromatic ring is 3. The molecule has 13 N–H and O–H groups in total. The van der Waals surface area contributed by atoms with E-state index in [1.165, 1.54) is 25.5 Å². The molecule has 608 valence electrons. The van der Waals surface area contributed by atoms with Gasteiger partial charge in [-0.25, -0.2) is 29.9 Å². The average molecular weight is 1660 g/mol. The average Bonchev–Trinajstić information content (AvgIpc) is 0.797. The maximum absolute atomic E-state index is 12.3. The molecule has 0 aliphatic carbocycles. The Morgan fingerprint density at radius 3 is 1.21 bits per heavy atom. The van der Waals surface area contributed by atoms with Crippen molar-refractivity contribution in [2.45, 2.75) is 148 Å². The Balaban J connectivity index is 0.000000191. The van der Waals surface area contributed by atoms with Crippen LogP contribution in [0.3, 0.4) is 0 Å². The van der Waals surface area contributed by atoms with E-state index in [2.05, 4.69) is 123 Å². The maximum atomic E-state index is 12.3. The fourth-order valence-electron chi connectivity index (χ4n) is 16.2. The van der Waals surface area contributed by atoms with Crippen LogP contribution in [0, 0.1) is 0 Å². The van der Waals surface area contributed by atoms with Crippen molar-refractivity contribution in [1.29, 1.82) is 0 Å². The first kappa shape index (κ1) is 88.4. The molecule has 3 amide bonds. The number of rotatable bonds is 24. The first-order valence-electron chi connectivity index (χ1n) is 38.3. The summed E-state index contributed by atoms with van der Waals surface area (Å²) in [6.07, 6.45) is 9.58. The van der Waals surface area contributed by atoms with Gasteiger partial charge in [-0.1, -0.05) is 128 Å². The van der Waals surface area contributed by atoms with Crippen molar-refractivity contribution in [3.63, 3.8) is 0 Å². The van der Waals surface area contributed by atoms with Gasteiger partial charge in [0.05, 0.1) is 32.5 Å². The normalized spacial score (nSPS) is 20.0. The van der Waals surface area contributed by atoms with Gasteiger partial charge < -0.3 is 68.3 Å². The van der Waals surface area contributed by atoms with Crippen LogP contribution in [0.4, 0.5) is 34.9 Å². The minimum Gasteiger partial charge on any atom is -0.395 e. The van der Waals surface area contributed by atoms with Gasteiger partial charge in [0.15, 0.2) is 67.4 Å². The number of nitrogens with two attached hydrogens (primary N) is 3. The summed E-state index contributed by atoms with van der Waals surface area (Å²) >= 11 is 37.5. The van der Waals surface area contributed by atoms with Gasteiger partial charge in [0, 0.05) is 157 Å². The zero-order chi connectivity index (χ0) is 78.7. The molecule has 6 aromatic rings. The molecule has 0 saturated carbocycles. The Labute approximate surface area is 682 Å². The Morgan fingerprint density at radius 1 is 0.468 bits per heavy atom. The standard InChI is InChI=1S/2C26H37Cl2N7O3.C24H33Cl2N7O.CH4/c1-2-19-15-34(25-23(28)31-22(24(29)32-25)26(38)30-9-14-36)12-13-35(19)20-7-10-33(11-8-20)21(16-37)17-3-5-18(27)6-4-17;1-2-20-15-34(25-23(28)31-22(24(29)32-25)26(38)30-7-12-36)10-11-35(20)21-5-8-33(9-6-21)14-17-3-4-19(27)13-18(17)16-37;1-3-18-15-32(23-21(26)29-20(22(27)30-23)24(34)28-2)12-13-33(18)19-8-10-31(11-9-19)14-16-4-6-17(25)7-5-16;/h3-6,19-21,36-37H,2,7-16H2,1H3,(H2,29,32)(H,30,38);3-4,13,20-21,36-37H,2,5-12,14-16H2,1H3,(H2,29,32)(H,30,38);4-7,18-19H,3,8-15H2,1-2H3,(H2,27,30)(H,28,34);1H4/t19-,21-;20-;18-;/m000./s1. The van der Waals surface area contributed by atoms with E-state index in [1.807, 2.05) is 54.6 Å². The minimum atomic E-state index is -0.514. The molecule has 0 bridgehead atoms. The Hall–Kier alpha value is -6.55. The minimum absolute atomic E-state index is 0. The van der Waals surface area contributed by atoms with E-state index in [9.17, 15) is 24.6 Å². The van der Waals surface area contributed by atoms with Crippen LogP contribution in [-0.4, -0.2) is 272 Å². The summed E-state index contributed by atoms with van der Waals surface area (Å²) in [6.45, 7) is 21.6. The van der Waals surface area contributed by atoms with Gasteiger partial charge in [-0.2, -0.15) is 0 Å². The third-order valence-corrected chi connectivity index (χ3v) is 23.6. The SMILES string of the molecule is C.CC[C@H]1CN(c2nc(N)c(C(=O)NC)nc2Cl)CCN1C1CCN(Cc2ccc(Cl)cc2)CC1.CC[C@H]1CN(c2nc(N)c(C(=O)NCCO)nc2Cl)CCN1C1CCN(Cc2ccc(Cl)cc2CO)CC1.CC[C@H]1CN(c2nc(N)c(C(=O)NCCO)nc2Cl)CCN1C1CCN([C@@H](CO)c2ccc(Cl)cc2)CC1. The lowest BCUT2D eigenvalue weighted by Crippen LogP contribution is -2.58. The van der Waals surface area contributed by atoms with Crippen LogP contribution in [-0.2, 0) is 19.7 Å². The first-order chi connectivity index (χ1) is 53.1. The van der Waals surface area contributed by atoms with Gasteiger partial charge in [0.1, 0.15) is 0 Å². The third kappa shape index (κ3) is 22.9. The highest BCUT2D eigenvalue weighted by Crippen LogP contribution is 2.36. The zero-order valence-electron chi connectivity index (χ0n) is 63.2. The van der Waals surface area contributed by atoms with Gasteiger partial charge in [-0.05, 0) is 143 Å². The highest BCUT2D eigenvalue weighted by atomic mass is 35.5. The number of hydrogen-bond donors (Lipinski definition) is 10. The van der Waals surface area contributed by atoms with Crippen LogP contribution in [0.2, 0.25) is 30.5 Å². The molecule has 12 rings (SSSR count). The summed E-state index contributed by atoms with van der Waals surface area (Å²) in [4.78, 5) is 84.0. The molecular formula is C77H111Cl6N21O7. The second-order valence-electron chi connectivity index (χ2n) is 28.7. The van der Waals surface area contributed by atoms with Crippen molar-refractivity contribution in [1.82, 2.24) is 75.3 Å². The lowest BCUT2D eigenvalue weighted by atomic mass is 9.96. The number of anilines is 6. The molecular weight excluding hydrogens is 1540 g/mol. The fraction of sp³-hybridized carbons (Fsp3) is 0.571. The number of nitrogens with zero attached hydrogens (tertiary/aromatic N) is 15. The molecule has 6 aliphatic rings. The molecule has 6 fully saturated rings. The Morgan fingerprint density at radius 2 is 0.838 bits per heavy atom. The van der Waals surface area contributed by atoms with Gasteiger partial charge in [-0.15, -0.1) is 0 Å². The molecule has 4 atom stereocenters. The van der Waals surface area contributed by atoms with Gasteiger partial charge in [-0.3, -0.25) is 43.8 Å². The Kier molecular flexibility index (Phi) is 34.0. The molecule has 0 radical (unpaired) electrons. The molecule has 111 heavy (non-hydrogen) atoms. The number of amides is 3. The first-order valence-corrected chi connectivity index (χ1v) is 40.5. The van der Waals surface area contributed by atoms with Crippen LogP contribution in [0.25, 0.3) is 0 Å². The summed E-state index contributed by atoms with van der Waals surface area (Å²) in [6, 6.07) is 24.2. The van der Waals surface area contributed by atoms with E-state index in [0.717, 1.165) is 178 Å². The molecule has 3 aromatic carbocycles. The van der Waals surface area contributed by atoms with E-state index in [-0.39, 0.29) is 103 Å². The highest BCUT2D eigenvalue weighted by molar-refractivity contribution is 6.33. The number of carbonyl (C=O) groups is 3. The molecule has 6 saturated heterocycles. The number of nitrogens with one attached hydrogen (secondary N) is 3. The van der Waals surface area contributed by atoms with Crippen molar-refractivity contribution < 1.29 is 34.8 Å². The number of likely N-dealkylation sites (tertiary alicyclic amines) is 3. The number of piperidine rings is 3. The fourth-order valence-corrected chi connectivity index (χ4v) is 17.3. The summed E-state index contributed by atoms with van der Waals surface area (Å²) in [5.74, 6) is 0.267. The van der Waals surface area contributed by atoms with Crippen molar-refractivity contribution >= 4 is 122 Å². The van der Waals surface area contributed by atoms with E-state index >= 15 is 0 Å². The monoisotopic (exact) mass is 1650 g/mol. The van der Waals surface area contributed by atoms with Crippen molar-refractivity contribution in [3.05, 3.63) is 137 Å². The molecule has 9 heterocycles. The largest absolute Gasteiger partial charge is 0.395 e. The van der Waals surface area contributed by atoms with Crippen LogP contribution < -0.4 is 47.9 Å². The molecule has 3 aromatic heterocycles. The van der Waals surface area contributed by atoms with Crippen LogP contribution in [0.15, 0.2) is 66.7 Å². The van der Waals surface area contributed by atoms with Gasteiger partial charge in [0.25, 0.3) is 17.7 Å². The second kappa shape index (κ2) is 42.7. The molecule has 0 unspecified atom stereocenters. The predicted octanol–water partition coefficient (Wildman–Crippen LogP) is 8.26. The summed E-state index contributed by atoms with van der Waals surface area (Å²) in [5.41, 5.74) is 22.5. The molecule has 6 aliphatic heterocycles. The molecule has 28 nitrogen and oxygen atoms in total. The van der Waals surface area contributed by atoms with Crippen molar-refractivity contribution in [2.24, 2.45) is 0 Å². The van der Waals surface area contributed by atoms with Gasteiger partial charge in [0.2, 0.25) is 0 Å². The summed E-state index contributed by atoms with van der Waals surface area (Å²) in [5, 5.41) is 47.9. The van der Waals surface area contributed by atoms with Gasteiger partial charge >= 0.3 is 0 Å². The van der Waals surface area contributed by atoms with E-state index in [1.54, 1.807) is 0 Å². The molecule has 34 heteroatoms. The van der Waals surface area contributed by atoms with Crippen LogP contribution >= 0.6 is 69.6 Å². The molecule has 0 spiro atoms. The number of halogens is 6. The zero-order valence-corrected chi connectivity index (χ0v) is 67.8. The van der Waals surface area contributed by atoms with Crippen molar-refractivity contribution in [2.75, 3.05) is 170 Å². The smallest absolute Gasteiger partial charge is 0.273 e. The van der Waals surface area contributed by atoms with E-state index < -0.39 is 17.7 Å². The number of piperazine rings is 3. The second-order valence-corrected chi connectivity index (χ2v) is 31.1. The third-order valence-electron chi connectivity index (χ3n) is 22.1. The topological polar surface area (TPSA) is 353 Å². The van der Waals surface area contributed by atoms with Crippen LogP contribution in [0.5, 0.6) is 0 Å². The lowest BCUT2D eigenvalue weighted by Gasteiger charge is -2.48. The Bertz CT molecular complexity index is 3990. The maximum Gasteiger partial charge on any atom is 0.273 e. The number of carbonyl (C=O) groups excluding carboxylic acids is 3. The lowest BCUT2D eigenvalue weighted by molar-refractivity contribution is 0.0356. The van der Waals surface area contributed by atoms with E-state index in [4.69, 9.17) is 97.0 Å². The number of aliphatic hydroxyl groups is 4. The summed E-state index contributed by atoms with van der Waals surface area (Å²) in [7, 11) is 1.53. The number of hydrogen-bond acceptors (Lipinski definition) is 25. The van der Waals surface area contributed by atoms with E-state index in [0.29, 0.717) is 63.7 Å². The predicted molar refractivity (Wildman–Crippen MR) is 444 cm³/mol. The van der Waals surface area contributed by atoms with Crippen molar-refractivity contribution in [3.8, 4) is 0 Å². The summed E-state index contributed by atoms with van der Waals surface area (Å²) < 4.78 is 0. The quantitative estimate of drug-likeness (QED) is 0.0272. The number of aliphatic hydroxyl groups excluding tert-OH is 4.